The first-order chi connectivity index (χ1) is 11.2. The predicted molar refractivity (Wildman–Crippen MR) is 94.0 cm³/mol. The highest BCUT2D eigenvalue weighted by molar-refractivity contribution is 5.94. The molecule has 2 rings (SSSR count). The van der Waals surface area contributed by atoms with E-state index in [4.69, 9.17) is 4.74 Å². The maximum Gasteiger partial charge on any atom is 0.228 e. The van der Waals surface area contributed by atoms with Crippen molar-refractivity contribution in [3.8, 4) is 0 Å². The smallest absolute Gasteiger partial charge is 0.228 e. The fourth-order valence-electron chi connectivity index (χ4n) is 2.86. The minimum Gasteiger partial charge on any atom is -0.379 e. The zero-order valence-corrected chi connectivity index (χ0v) is 14.4. The number of morpholine rings is 1. The van der Waals surface area contributed by atoms with Gasteiger partial charge in [0.05, 0.1) is 13.2 Å². The van der Waals surface area contributed by atoms with Crippen molar-refractivity contribution < 1.29 is 9.53 Å². The molecule has 5 heteroatoms. The van der Waals surface area contributed by atoms with E-state index < -0.39 is 0 Å². The van der Waals surface area contributed by atoms with E-state index in [9.17, 15) is 4.79 Å². The van der Waals surface area contributed by atoms with E-state index >= 15 is 0 Å². The number of amides is 1. The number of carbonyl (C=O) groups excluding carboxylic acids is 1. The van der Waals surface area contributed by atoms with Gasteiger partial charge < -0.3 is 15.0 Å². The SMILES string of the molecule is CCN(C(=O)CCNCCN1CCOCC1)c1ccccc1C. The third-order valence-electron chi connectivity index (χ3n) is 4.25. The second-order valence-electron chi connectivity index (χ2n) is 5.88. The molecule has 23 heavy (non-hydrogen) atoms. The van der Waals surface area contributed by atoms with E-state index in [1.54, 1.807) is 0 Å². The van der Waals surface area contributed by atoms with Crippen molar-refractivity contribution >= 4 is 11.6 Å². The molecule has 0 bridgehead atoms. The molecule has 1 aromatic carbocycles. The standard InChI is InChI=1S/C18H29N3O2/c1-3-21(17-7-5-4-6-16(17)2)18(22)8-9-19-10-11-20-12-14-23-15-13-20/h4-7,19H,3,8-15H2,1-2H3. The number of nitrogens with zero attached hydrogens (tertiary/aromatic N) is 2. The third kappa shape index (κ3) is 5.61. The molecule has 1 aliphatic rings. The van der Waals surface area contributed by atoms with Gasteiger partial charge in [-0.05, 0) is 25.5 Å². The van der Waals surface area contributed by atoms with Crippen molar-refractivity contribution in [2.75, 3.05) is 57.4 Å². The summed E-state index contributed by atoms with van der Waals surface area (Å²) in [6.45, 7) is 11.1. The lowest BCUT2D eigenvalue weighted by molar-refractivity contribution is -0.118. The molecule has 128 valence electrons. The molecule has 1 saturated heterocycles. The number of rotatable bonds is 8. The number of hydrogen-bond donors (Lipinski definition) is 1. The highest BCUT2D eigenvalue weighted by Crippen LogP contribution is 2.19. The van der Waals surface area contributed by atoms with Gasteiger partial charge in [-0.2, -0.15) is 0 Å². The van der Waals surface area contributed by atoms with Crippen LogP contribution >= 0.6 is 0 Å². The van der Waals surface area contributed by atoms with E-state index in [-0.39, 0.29) is 5.91 Å². The quantitative estimate of drug-likeness (QED) is 0.740. The van der Waals surface area contributed by atoms with Crippen molar-refractivity contribution in [2.24, 2.45) is 0 Å². The monoisotopic (exact) mass is 319 g/mol. The van der Waals surface area contributed by atoms with Gasteiger partial charge in [-0.3, -0.25) is 9.69 Å². The van der Waals surface area contributed by atoms with E-state index in [1.807, 2.05) is 43.0 Å². The summed E-state index contributed by atoms with van der Waals surface area (Å²) in [5.41, 5.74) is 2.16. The number of anilines is 1. The summed E-state index contributed by atoms with van der Waals surface area (Å²) in [5.74, 6) is 0.181. The van der Waals surface area contributed by atoms with Gasteiger partial charge in [-0.25, -0.2) is 0 Å². The molecule has 0 aliphatic carbocycles. The average Bonchev–Trinajstić information content (AvgIpc) is 2.58. The third-order valence-corrected chi connectivity index (χ3v) is 4.25. The first-order valence-corrected chi connectivity index (χ1v) is 8.59. The largest absolute Gasteiger partial charge is 0.379 e. The predicted octanol–water partition coefficient (Wildman–Crippen LogP) is 1.66. The van der Waals surface area contributed by atoms with Crippen LogP contribution in [0.2, 0.25) is 0 Å². The van der Waals surface area contributed by atoms with Gasteiger partial charge in [0, 0.05) is 51.4 Å². The molecule has 0 unspecified atom stereocenters. The number of para-hydroxylation sites is 1. The molecule has 0 radical (unpaired) electrons. The number of carbonyl (C=O) groups is 1. The summed E-state index contributed by atoms with van der Waals surface area (Å²) < 4.78 is 5.34. The molecule has 1 amide bonds. The van der Waals surface area contributed by atoms with Gasteiger partial charge in [-0.15, -0.1) is 0 Å². The van der Waals surface area contributed by atoms with Crippen LogP contribution in [0.4, 0.5) is 5.69 Å². The fraction of sp³-hybridized carbons (Fsp3) is 0.611. The minimum atomic E-state index is 0.181. The first-order valence-electron chi connectivity index (χ1n) is 8.59. The Labute approximate surface area is 139 Å². The average molecular weight is 319 g/mol. The van der Waals surface area contributed by atoms with Crippen molar-refractivity contribution in [1.82, 2.24) is 10.2 Å². The zero-order valence-electron chi connectivity index (χ0n) is 14.4. The van der Waals surface area contributed by atoms with Crippen molar-refractivity contribution in [1.29, 1.82) is 0 Å². The number of ether oxygens (including phenoxy) is 1. The first kappa shape index (κ1) is 17.9. The number of benzene rings is 1. The molecule has 0 spiro atoms. The van der Waals surface area contributed by atoms with Gasteiger partial charge in [0.2, 0.25) is 5.91 Å². The second kappa shape index (κ2) is 9.65. The van der Waals surface area contributed by atoms with Crippen LogP contribution in [0.1, 0.15) is 18.9 Å². The molecule has 1 N–H and O–H groups in total. The topological polar surface area (TPSA) is 44.8 Å². The summed E-state index contributed by atoms with van der Waals surface area (Å²) in [5, 5.41) is 3.38. The Morgan fingerprint density at radius 3 is 2.70 bits per heavy atom. The maximum atomic E-state index is 12.5. The summed E-state index contributed by atoms with van der Waals surface area (Å²) in [4.78, 5) is 16.7. The molecule has 5 nitrogen and oxygen atoms in total. The van der Waals surface area contributed by atoms with Crippen molar-refractivity contribution in [3.05, 3.63) is 29.8 Å². The van der Waals surface area contributed by atoms with Gasteiger partial charge in [0.25, 0.3) is 0 Å². The molecule has 0 atom stereocenters. The van der Waals surface area contributed by atoms with Gasteiger partial charge in [0.15, 0.2) is 0 Å². The Balaban J connectivity index is 1.69. The molecule has 1 aliphatic heterocycles. The van der Waals surface area contributed by atoms with Crippen molar-refractivity contribution in [3.63, 3.8) is 0 Å². The van der Waals surface area contributed by atoms with E-state index in [0.29, 0.717) is 13.0 Å². The maximum absolute atomic E-state index is 12.5. The normalized spacial score (nSPS) is 15.6. The Bertz CT molecular complexity index is 487. The Morgan fingerprint density at radius 1 is 1.26 bits per heavy atom. The molecular weight excluding hydrogens is 290 g/mol. The Morgan fingerprint density at radius 2 is 2.00 bits per heavy atom. The van der Waals surface area contributed by atoms with Crippen LogP contribution in [0, 0.1) is 6.92 Å². The van der Waals surface area contributed by atoms with E-state index in [1.165, 1.54) is 0 Å². The number of hydrogen-bond acceptors (Lipinski definition) is 4. The van der Waals surface area contributed by atoms with Gasteiger partial charge >= 0.3 is 0 Å². The van der Waals surface area contributed by atoms with Crippen LogP contribution in [0.5, 0.6) is 0 Å². The summed E-state index contributed by atoms with van der Waals surface area (Å²) in [7, 11) is 0. The lowest BCUT2D eigenvalue weighted by Crippen LogP contribution is -2.41. The number of nitrogens with one attached hydrogen (secondary N) is 1. The molecule has 1 fully saturated rings. The van der Waals surface area contributed by atoms with E-state index in [0.717, 1.165) is 57.2 Å². The second-order valence-corrected chi connectivity index (χ2v) is 5.88. The lowest BCUT2D eigenvalue weighted by Gasteiger charge is -2.26. The van der Waals surface area contributed by atoms with Crippen LogP contribution < -0.4 is 10.2 Å². The van der Waals surface area contributed by atoms with Gasteiger partial charge in [0.1, 0.15) is 0 Å². The summed E-state index contributed by atoms with van der Waals surface area (Å²) >= 11 is 0. The van der Waals surface area contributed by atoms with Crippen molar-refractivity contribution in [2.45, 2.75) is 20.3 Å². The van der Waals surface area contributed by atoms with Crippen LogP contribution in [-0.4, -0.2) is 63.3 Å². The molecular formula is C18H29N3O2. The lowest BCUT2D eigenvalue weighted by atomic mass is 10.1. The van der Waals surface area contributed by atoms with Crippen LogP contribution in [0.3, 0.4) is 0 Å². The highest BCUT2D eigenvalue weighted by Gasteiger charge is 2.15. The minimum absolute atomic E-state index is 0.181. The molecule has 1 heterocycles. The van der Waals surface area contributed by atoms with Crippen LogP contribution in [-0.2, 0) is 9.53 Å². The summed E-state index contributed by atoms with van der Waals surface area (Å²) in [6, 6.07) is 8.05. The van der Waals surface area contributed by atoms with Gasteiger partial charge in [-0.1, -0.05) is 18.2 Å². The molecule has 1 aromatic rings. The highest BCUT2D eigenvalue weighted by atomic mass is 16.5. The van der Waals surface area contributed by atoms with Crippen LogP contribution in [0.25, 0.3) is 0 Å². The zero-order chi connectivity index (χ0) is 16.5. The molecule has 0 aromatic heterocycles. The van der Waals surface area contributed by atoms with Crippen LogP contribution in [0.15, 0.2) is 24.3 Å². The number of aryl methyl sites for hydroxylation is 1. The Kier molecular flexibility index (Phi) is 7.52. The molecule has 0 saturated carbocycles. The fourth-order valence-corrected chi connectivity index (χ4v) is 2.86. The van der Waals surface area contributed by atoms with E-state index in [2.05, 4.69) is 10.2 Å². The Hall–Kier alpha value is -1.43. The summed E-state index contributed by atoms with van der Waals surface area (Å²) in [6.07, 6.45) is 0.533.